The van der Waals surface area contributed by atoms with Crippen LogP contribution in [0.25, 0.3) is 0 Å². The second-order valence-corrected chi connectivity index (χ2v) is 7.31. The van der Waals surface area contributed by atoms with E-state index in [1.807, 2.05) is 4.68 Å². The zero-order chi connectivity index (χ0) is 17.8. The van der Waals surface area contributed by atoms with Gasteiger partial charge in [-0.1, -0.05) is 26.0 Å². The van der Waals surface area contributed by atoms with E-state index in [0.29, 0.717) is 12.5 Å². The lowest BCUT2D eigenvalue weighted by molar-refractivity contribution is 0.0934. The van der Waals surface area contributed by atoms with Gasteiger partial charge in [-0.15, -0.1) is 5.10 Å². The van der Waals surface area contributed by atoms with E-state index in [9.17, 15) is 4.39 Å². The molecule has 2 aromatic rings. The van der Waals surface area contributed by atoms with Crippen molar-refractivity contribution >= 4 is 0 Å². The van der Waals surface area contributed by atoms with Crippen molar-refractivity contribution in [2.75, 3.05) is 33.2 Å². The molecule has 1 atom stereocenters. The summed E-state index contributed by atoms with van der Waals surface area (Å²) in [6.07, 6.45) is 1.02. The minimum absolute atomic E-state index is 0.212. The fraction of sp³-hybridized carbons (Fsp3) is 0.611. The molecular formula is C18H27FN6. The molecule has 1 aromatic carbocycles. The van der Waals surface area contributed by atoms with Crippen LogP contribution in [-0.2, 0) is 6.54 Å². The molecule has 0 spiro atoms. The summed E-state index contributed by atoms with van der Waals surface area (Å²) in [5, 5.41) is 12.5. The Morgan fingerprint density at radius 3 is 2.40 bits per heavy atom. The van der Waals surface area contributed by atoms with Crippen molar-refractivity contribution in [1.82, 2.24) is 30.0 Å². The number of hydrogen-bond acceptors (Lipinski definition) is 5. The predicted molar refractivity (Wildman–Crippen MR) is 94.6 cm³/mol. The van der Waals surface area contributed by atoms with Gasteiger partial charge in [-0.05, 0) is 47.5 Å². The van der Waals surface area contributed by atoms with Crippen LogP contribution in [0.3, 0.4) is 0 Å². The second kappa shape index (κ2) is 8.01. The summed E-state index contributed by atoms with van der Waals surface area (Å²) in [7, 11) is 2.16. The van der Waals surface area contributed by atoms with Crippen LogP contribution in [0.1, 0.15) is 37.7 Å². The van der Waals surface area contributed by atoms with Crippen LogP contribution in [0.2, 0.25) is 0 Å². The molecule has 0 N–H and O–H groups in total. The Morgan fingerprint density at radius 2 is 1.76 bits per heavy atom. The molecule has 1 saturated heterocycles. The highest BCUT2D eigenvalue weighted by atomic mass is 19.1. The second-order valence-electron chi connectivity index (χ2n) is 7.31. The van der Waals surface area contributed by atoms with Crippen LogP contribution < -0.4 is 0 Å². The van der Waals surface area contributed by atoms with Crippen molar-refractivity contribution in [3.8, 4) is 0 Å². The van der Waals surface area contributed by atoms with E-state index in [0.717, 1.165) is 44.0 Å². The number of hydrogen-bond donors (Lipinski definition) is 0. The van der Waals surface area contributed by atoms with Crippen LogP contribution in [0.15, 0.2) is 24.3 Å². The fourth-order valence-corrected chi connectivity index (χ4v) is 3.32. The highest BCUT2D eigenvalue weighted by Crippen LogP contribution is 2.27. The first kappa shape index (κ1) is 17.9. The third kappa shape index (κ3) is 4.61. The third-order valence-corrected chi connectivity index (χ3v) is 4.78. The maximum absolute atomic E-state index is 13.1. The monoisotopic (exact) mass is 346 g/mol. The quantitative estimate of drug-likeness (QED) is 0.802. The Labute approximate surface area is 148 Å². The standard InChI is InChI=1S/C18H27FN6/c1-14(2)12-17(24-10-8-23(3)9-11-24)18-20-21-22-25(18)13-15-4-6-16(19)7-5-15/h4-7,14,17H,8-13H2,1-3H3/t17-/m1/s1. The summed E-state index contributed by atoms with van der Waals surface area (Å²) >= 11 is 0. The van der Waals surface area contributed by atoms with Crippen LogP contribution in [0.5, 0.6) is 0 Å². The SMILES string of the molecule is CC(C)C[C@H](c1nnnn1Cc1ccc(F)cc1)N1CCN(C)CC1. The van der Waals surface area contributed by atoms with Gasteiger partial charge in [0, 0.05) is 26.2 Å². The number of halogens is 1. The van der Waals surface area contributed by atoms with E-state index in [-0.39, 0.29) is 11.9 Å². The minimum atomic E-state index is -0.226. The van der Waals surface area contributed by atoms with Crippen molar-refractivity contribution in [3.63, 3.8) is 0 Å². The third-order valence-electron chi connectivity index (χ3n) is 4.78. The molecule has 0 aliphatic carbocycles. The molecule has 0 amide bonds. The Bertz CT molecular complexity index is 660. The topological polar surface area (TPSA) is 50.1 Å². The molecule has 0 unspecified atom stereocenters. The molecule has 1 aromatic heterocycles. The largest absolute Gasteiger partial charge is 0.304 e. The molecular weight excluding hydrogens is 319 g/mol. The minimum Gasteiger partial charge on any atom is -0.304 e. The number of piperazine rings is 1. The lowest BCUT2D eigenvalue weighted by Gasteiger charge is -2.38. The maximum atomic E-state index is 13.1. The summed E-state index contributed by atoms with van der Waals surface area (Å²) < 4.78 is 15.0. The van der Waals surface area contributed by atoms with Crippen molar-refractivity contribution in [3.05, 3.63) is 41.5 Å². The van der Waals surface area contributed by atoms with E-state index in [1.54, 1.807) is 12.1 Å². The molecule has 136 valence electrons. The molecule has 0 saturated carbocycles. The summed E-state index contributed by atoms with van der Waals surface area (Å²) in [4.78, 5) is 4.84. The van der Waals surface area contributed by atoms with Gasteiger partial charge in [0.1, 0.15) is 5.82 Å². The fourth-order valence-electron chi connectivity index (χ4n) is 3.32. The van der Waals surface area contributed by atoms with Crippen molar-refractivity contribution < 1.29 is 4.39 Å². The van der Waals surface area contributed by atoms with E-state index >= 15 is 0 Å². The average molecular weight is 346 g/mol. The first-order valence-corrected chi connectivity index (χ1v) is 8.96. The zero-order valence-corrected chi connectivity index (χ0v) is 15.3. The predicted octanol–water partition coefficient (Wildman–Crippen LogP) is 2.20. The average Bonchev–Trinajstić information content (AvgIpc) is 3.03. The normalized spacial score (nSPS) is 18.0. The van der Waals surface area contributed by atoms with Gasteiger partial charge < -0.3 is 4.90 Å². The van der Waals surface area contributed by atoms with Gasteiger partial charge in [0.2, 0.25) is 0 Å². The van der Waals surface area contributed by atoms with E-state index in [2.05, 4.69) is 46.2 Å². The highest BCUT2D eigenvalue weighted by molar-refractivity contribution is 5.16. The summed E-state index contributed by atoms with van der Waals surface area (Å²) in [5.41, 5.74) is 0.997. The van der Waals surface area contributed by atoms with E-state index < -0.39 is 0 Å². The van der Waals surface area contributed by atoms with Crippen LogP contribution in [0, 0.1) is 11.7 Å². The first-order valence-electron chi connectivity index (χ1n) is 8.96. The smallest absolute Gasteiger partial charge is 0.168 e. The van der Waals surface area contributed by atoms with Gasteiger partial charge in [0.05, 0.1) is 12.6 Å². The highest BCUT2D eigenvalue weighted by Gasteiger charge is 2.29. The molecule has 1 fully saturated rings. The Hall–Kier alpha value is -1.86. The number of rotatable bonds is 6. The van der Waals surface area contributed by atoms with Gasteiger partial charge in [0.15, 0.2) is 5.82 Å². The summed E-state index contributed by atoms with van der Waals surface area (Å²) in [6, 6.07) is 6.74. The number of nitrogens with zero attached hydrogens (tertiary/aromatic N) is 6. The molecule has 2 heterocycles. The first-order chi connectivity index (χ1) is 12.0. The number of likely N-dealkylation sites (N-methyl/N-ethyl adjacent to an activating group) is 1. The van der Waals surface area contributed by atoms with E-state index in [1.165, 1.54) is 12.1 Å². The van der Waals surface area contributed by atoms with Crippen LogP contribution in [-0.4, -0.2) is 63.2 Å². The molecule has 0 radical (unpaired) electrons. The Kier molecular flexibility index (Phi) is 5.75. The summed E-state index contributed by atoms with van der Waals surface area (Å²) in [6.45, 7) is 9.20. The van der Waals surface area contributed by atoms with Crippen LogP contribution >= 0.6 is 0 Å². The number of aromatic nitrogens is 4. The van der Waals surface area contributed by atoms with Crippen molar-refractivity contribution in [2.24, 2.45) is 5.92 Å². The van der Waals surface area contributed by atoms with Crippen molar-refractivity contribution in [2.45, 2.75) is 32.9 Å². The number of benzene rings is 1. The lowest BCUT2D eigenvalue weighted by Crippen LogP contribution is -2.46. The van der Waals surface area contributed by atoms with Gasteiger partial charge >= 0.3 is 0 Å². The van der Waals surface area contributed by atoms with Gasteiger partial charge in [-0.3, -0.25) is 4.90 Å². The zero-order valence-electron chi connectivity index (χ0n) is 15.3. The molecule has 6 nitrogen and oxygen atoms in total. The molecule has 25 heavy (non-hydrogen) atoms. The molecule has 7 heteroatoms. The van der Waals surface area contributed by atoms with E-state index in [4.69, 9.17) is 0 Å². The van der Waals surface area contributed by atoms with Crippen molar-refractivity contribution in [1.29, 1.82) is 0 Å². The van der Waals surface area contributed by atoms with Gasteiger partial charge in [-0.2, -0.15) is 0 Å². The Morgan fingerprint density at radius 1 is 1.08 bits per heavy atom. The molecule has 0 bridgehead atoms. The van der Waals surface area contributed by atoms with Crippen LogP contribution in [0.4, 0.5) is 4.39 Å². The van der Waals surface area contributed by atoms with Gasteiger partial charge in [-0.25, -0.2) is 9.07 Å². The van der Waals surface area contributed by atoms with Gasteiger partial charge in [0.25, 0.3) is 0 Å². The molecule has 3 rings (SSSR count). The molecule has 1 aliphatic heterocycles. The number of tetrazole rings is 1. The maximum Gasteiger partial charge on any atom is 0.168 e. The molecule has 1 aliphatic rings. The Balaban J connectivity index is 1.81. The lowest BCUT2D eigenvalue weighted by atomic mass is 10.0. The summed E-state index contributed by atoms with van der Waals surface area (Å²) in [5.74, 6) is 1.24.